The van der Waals surface area contributed by atoms with E-state index in [2.05, 4.69) is 31.4 Å². The van der Waals surface area contributed by atoms with Crippen LogP contribution in [-0.4, -0.2) is 33.5 Å². The highest BCUT2D eigenvalue weighted by Gasteiger charge is 2.17. The van der Waals surface area contributed by atoms with Crippen LogP contribution in [0.1, 0.15) is 0 Å². The summed E-state index contributed by atoms with van der Waals surface area (Å²) < 4.78 is 8.12. The first-order chi connectivity index (χ1) is 15.1. The maximum Gasteiger partial charge on any atom is 0.234 e. The van der Waals surface area contributed by atoms with Crippen LogP contribution in [0.4, 0.5) is 5.69 Å². The number of ether oxygens (including phenoxy) is 1. The standard InChI is InChI=1S/C23H19BrN4O2S/c1-30-20-12-10-16(11-13-20)22-26-27-23(28(22)19-8-3-2-4-9-19)31-15-21(29)25-18-7-5-6-17(24)14-18/h2-14H,15H2,1H3,(H,25,29). The lowest BCUT2D eigenvalue weighted by atomic mass is 10.2. The number of anilines is 1. The Hall–Kier alpha value is -3.10. The van der Waals surface area contributed by atoms with Crippen molar-refractivity contribution in [3.8, 4) is 22.8 Å². The second-order valence-electron chi connectivity index (χ2n) is 6.55. The number of nitrogens with one attached hydrogen (secondary N) is 1. The fourth-order valence-corrected chi connectivity index (χ4v) is 4.14. The second kappa shape index (κ2) is 9.80. The Balaban J connectivity index is 1.58. The zero-order chi connectivity index (χ0) is 21.6. The van der Waals surface area contributed by atoms with E-state index in [1.165, 1.54) is 11.8 Å². The van der Waals surface area contributed by atoms with E-state index in [1.54, 1.807) is 7.11 Å². The normalized spacial score (nSPS) is 10.6. The highest BCUT2D eigenvalue weighted by molar-refractivity contribution is 9.10. The van der Waals surface area contributed by atoms with Gasteiger partial charge in [0, 0.05) is 21.4 Å². The number of thioether (sulfide) groups is 1. The topological polar surface area (TPSA) is 69.0 Å². The van der Waals surface area contributed by atoms with E-state index < -0.39 is 0 Å². The Kier molecular flexibility index (Phi) is 6.69. The van der Waals surface area contributed by atoms with Crippen molar-refractivity contribution in [3.63, 3.8) is 0 Å². The Labute approximate surface area is 192 Å². The Morgan fingerprint density at radius 2 is 1.81 bits per heavy atom. The van der Waals surface area contributed by atoms with Gasteiger partial charge in [-0.1, -0.05) is 52.0 Å². The molecule has 0 unspecified atom stereocenters. The quantitative estimate of drug-likeness (QED) is 0.346. The lowest BCUT2D eigenvalue weighted by Gasteiger charge is -2.11. The summed E-state index contributed by atoms with van der Waals surface area (Å²) in [5.74, 6) is 1.56. The molecule has 0 saturated heterocycles. The van der Waals surface area contributed by atoms with E-state index in [-0.39, 0.29) is 11.7 Å². The molecule has 0 spiro atoms. The van der Waals surface area contributed by atoms with Crippen LogP contribution in [0.15, 0.2) is 88.5 Å². The number of rotatable bonds is 7. The number of aromatic nitrogens is 3. The molecule has 0 bridgehead atoms. The first kappa shape index (κ1) is 21.1. The summed E-state index contributed by atoms with van der Waals surface area (Å²) in [5.41, 5.74) is 2.57. The molecule has 1 heterocycles. The maximum absolute atomic E-state index is 12.5. The monoisotopic (exact) mass is 494 g/mol. The smallest absolute Gasteiger partial charge is 0.234 e. The molecular weight excluding hydrogens is 476 g/mol. The SMILES string of the molecule is COc1ccc(-c2nnc(SCC(=O)Nc3cccc(Br)c3)n2-c2ccccc2)cc1. The van der Waals surface area contributed by atoms with Crippen molar-refractivity contribution in [2.24, 2.45) is 0 Å². The predicted octanol–water partition coefficient (Wildman–Crippen LogP) is 5.44. The molecule has 0 radical (unpaired) electrons. The lowest BCUT2D eigenvalue weighted by Crippen LogP contribution is -2.14. The van der Waals surface area contributed by atoms with Crippen molar-refractivity contribution in [1.29, 1.82) is 0 Å². The summed E-state index contributed by atoms with van der Waals surface area (Å²) in [7, 11) is 1.63. The number of para-hydroxylation sites is 1. The van der Waals surface area contributed by atoms with Gasteiger partial charge in [-0.25, -0.2) is 0 Å². The van der Waals surface area contributed by atoms with Crippen molar-refractivity contribution < 1.29 is 9.53 Å². The second-order valence-corrected chi connectivity index (χ2v) is 8.41. The third kappa shape index (κ3) is 5.15. The highest BCUT2D eigenvalue weighted by atomic mass is 79.9. The molecule has 0 aliphatic heterocycles. The summed E-state index contributed by atoms with van der Waals surface area (Å²) in [6.45, 7) is 0. The van der Waals surface area contributed by atoms with Gasteiger partial charge in [-0.3, -0.25) is 9.36 Å². The number of nitrogens with zero attached hydrogens (tertiary/aromatic N) is 3. The third-order valence-corrected chi connectivity index (χ3v) is 5.86. The van der Waals surface area contributed by atoms with Crippen molar-refractivity contribution in [2.75, 3.05) is 18.2 Å². The number of methoxy groups -OCH3 is 1. The number of carbonyl (C=O) groups excluding carboxylic acids is 1. The number of halogens is 1. The van der Waals surface area contributed by atoms with Crippen LogP contribution < -0.4 is 10.1 Å². The molecule has 4 aromatic rings. The molecule has 1 N–H and O–H groups in total. The largest absolute Gasteiger partial charge is 0.497 e. The van der Waals surface area contributed by atoms with Crippen molar-refractivity contribution >= 4 is 39.3 Å². The van der Waals surface area contributed by atoms with E-state index >= 15 is 0 Å². The fourth-order valence-electron chi connectivity index (χ4n) is 2.99. The zero-order valence-electron chi connectivity index (χ0n) is 16.7. The van der Waals surface area contributed by atoms with E-state index in [1.807, 2.05) is 83.4 Å². The number of amides is 1. The number of hydrogen-bond donors (Lipinski definition) is 1. The van der Waals surface area contributed by atoms with Crippen LogP contribution in [-0.2, 0) is 4.79 Å². The lowest BCUT2D eigenvalue weighted by molar-refractivity contribution is -0.113. The van der Waals surface area contributed by atoms with Gasteiger partial charge < -0.3 is 10.1 Å². The first-order valence-corrected chi connectivity index (χ1v) is 11.3. The van der Waals surface area contributed by atoms with E-state index in [0.29, 0.717) is 11.0 Å². The van der Waals surface area contributed by atoms with E-state index in [4.69, 9.17) is 4.74 Å². The molecule has 0 aliphatic rings. The van der Waals surface area contributed by atoms with Gasteiger partial charge in [-0.2, -0.15) is 0 Å². The van der Waals surface area contributed by atoms with E-state index in [0.717, 1.165) is 27.2 Å². The minimum atomic E-state index is -0.114. The summed E-state index contributed by atoms with van der Waals surface area (Å²) in [6, 6.07) is 25.0. The maximum atomic E-state index is 12.5. The molecule has 0 saturated carbocycles. The van der Waals surface area contributed by atoms with Crippen LogP contribution in [0.2, 0.25) is 0 Å². The van der Waals surface area contributed by atoms with Gasteiger partial charge in [0.25, 0.3) is 0 Å². The molecule has 6 nitrogen and oxygen atoms in total. The molecular formula is C23H19BrN4O2S. The predicted molar refractivity (Wildman–Crippen MR) is 127 cm³/mol. The summed E-state index contributed by atoms with van der Waals surface area (Å²) in [6.07, 6.45) is 0. The molecule has 0 aliphatic carbocycles. The molecule has 0 atom stereocenters. The van der Waals surface area contributed by atoms with Gasteiger partial charge in [0.15, 0.2) is 11.0 Å². The Bertz CT molecular complexity index is 1180. The molecule has 156 valence electrons. The van der Waals surface area contributed by atoms with Gasteiger partial charge in [-0.15, -0.1) is 10.2 Å². The van der Waals surface area contributed by atoms with Crippen LogP contribution in [0, 0.1) is 0 Å². The highest BCUT2D eigenvalue weighted by Crippen LogP contribution is 2.29. The Morgan fingerprint density at radius 3 is 2.52 bits per heavy atom. The van der Waals surface area contributed by atoms with Crippen molar-refractivity contribution in [1.82, 2.24) is 14.8 Å². The van der Waals surface area contributed by atoms with Gasteiger partial charge in [0.05, 0.1) is 12.9 Å². The molecule has 1 aromatic heterocycles. The number of carbonyl (C=O) groups is 1. The van der Waals surface area contributed by atoms with Gasteiger partial charge in [-0.05, 0) is 54.6 Å². The zero-order valence-corrected chi connectivity index (χ0v) is 19.1. The number of hydrogen-bond acceptors (Lipinski definition) is 5. The average Bonchev–Trinajstić information content (AvgIpc) is 3.22. The van der Waals surface area contributed by atoms with Gasteiger partial charge in [0.1, 0.15) is 5.75 Å². The third-order valence-electron chi connectivity index (χ3n) is 4.44. The average molecular weight is 495 g/mol. The van der Waals surface area contributed by atoms with Crippen LogP contribution >= 0.6 is 27.7 Å². The van der Waals surface area contributed by atoms with Crippen molar-refractivity contribution in [2.45, 2.75) is 5.16 Å². The number of benzene rings is 3. The molecule has 0 fully saturated rings. The van der Waals surface area contributed by atoms with Gasteiger partial charge in [0.2, 0.25) is 5.91 Å². The van der Waals surface area contributed by atoms with Gasteiger partial charge >= 0.3 is 0 Å². The molecule has 1 amide bonds. The van der Waals surface area contributed by atoms with Crippen LogP contribution in [0.25, 0.3) is 17.1 Å². The van der Waals surface area contributed by atoms with Crippen molar-refractivity contribution in [3.05, 3.63) is 83.3 Å². The Morgan fingerprint density at radius 1 is 1.03 bits per heavy atom. The summed E-state index contributed by atoms with van der Waals surface area (Å²) in [4.78, 5) is 12.5. The minimum absolute atomic E-state index is 0.114. The molecule has 3 aromatic carbocycles. The fraction of sp³-hybridized carbons (Fsp3) is 0.0870. The molecule has 31 heavy (non-hydrogen) atoms. The van der Waals surface area contributed by atoms with E-state index in [9.17, 15) is 4.79 Å². The summed E-state index contributed by atoms with van der Waals surface area (Å²) >= 11 is 4.75. The first-order valence-electron chi connectivity index (χ1n) is 9.47. The molecule has 8 heteroatoms. The van der Waals surface area contributed by atoms with Crippen LogP contribution in [0.5, 0.6) is 5.75 Å². The molecule has 4 rings (SSSR count). The summed E-state index contributed by atoms with van der Waals surface area (Å²) in [5, 5.41) is 12.3. The minimum Gasteiger partial charge on any atom is -0.497 e. The van der Waals surface area contributed by atoms with Crippen LogP contribution in [0.3, 0.4) is 0 Å².